The monoisotopic (exact) mass is 267 g/mol. The van der Waals surface area contributed by atoms with Gasteiger partial charge in [0.2, 0.25) is 5.91 Å². The number of amides is 1. The number of Topliss-reactive ketones (excluding diaryl/α,β-unsaturated/α-hetero) is 1. The molecule has 1 aromatic rings. The van der Waals surface area contributed by atoms with Gasteiger partial charge in [0.25, 0.3) is 0 Å². The number of rotatable bonds is 0. The minimum Gasteiger partial charge on any atom is -0.301 e. The van der Waals surface area contributed by atoms with Crippen molar-refractivity contribution in [2.75, 3.05) is 4.90 Å². The molecule has 0 bridgehead atoms. The number of ketones is 1. The summed E-state index contributed by atoms with van der Waals surface area (Å²) in [5, 5.41) is 0. The molecular formula is C11H10BrNO2. The molecule has 2 rings (SSSR count). The third-order valence-electron chi connectivity index (χ3n) is 2.59. The predicted molar refractivity (Wildman–Crippen MR) is 61.1 cm³/mol. The molecular weight excluding hydrogens is 258 g/mol. The van der Waals surface area contributed by atoms with E-state index in [0.29, 0.717) is 11.3 Å². The second-order valence-corrected chi connectivity index (χ2v) is 4.51. The third-order valence-corrected chi connectivity index (χ3v) is 3.08. The molecule has 1 aliphatic heterocycles. The van der Waals surface area contributed by atoms with Gasteiger partial charge in [-0.15, -0.1) is 0 Å². The smallest absolute Gasteiger partial charge is 0.224 e. The first kappa shape index (κ1) is 10.4. The van der Waals surface area contributed by atoms with Crippen LogP contribution in [0.15, 0.2) is 22.7 Å². The summed E-state index contributed by atoms with van der Waals surface area (Å²) in [5.74, 6) is -0.0969. The van der Waals surface area contributed by atoms with Crippen molar-refractivity contribution in [2.24, 2.45) is 0 Å². The van der Waals surface area contributed by atoms with Gasteiger partial charge in [-0.1, -0.05) is 15.9 Å². The van der Waals surface area contributed by atoms with Crippen LogP contribution in [0.3, 0.4) is 0 Å². The maximum atomic E-state index is 11.8. The Kier molecular flexibility index (Phi) is 2.38. The molecule has 78 valence electrons. The van der Waals surface area contributed by atoms with E-state index in [1.165, 1.54) is 11.8 Å². The molecule has 0 N–H and O–H groups in total. The van der Waals surface area contributed by atoms with Crippen molar-refractivity contribution >= 4 is 33.3 Å². The lowest BCUT2D eigenvalue weighted by Gasteiger charge is -2.19. The fraction of sp³-hybridized carbons (Fsp3) is 0.273. The molecule has 0 fully saturated rings. The average Bonchev–Trinajstić information content (AvgIpc) is 2.39. The van der Waals surface area contributed by atoms with E-state index < -0.39 is 0 Å². The zero-order chi connectivity index (χ0) is 11.2. The molecule has 0 aromatic heterocycles. The number of hydrogen-bond donors (Lipinski definition) is 0. The molecule has 0 aliphatic carbocycles. The van der Waals surface area contributed by atoms with E-state index in [4.69, 9.17) is 0 Å². The first-order valence-electron chi connectivity index (χ1n) is 4.66. The van der Waals surface area contributed by atoms with Crippen molar-refractivity contribution in [1.82, 2.24) is 0 Å². The highest BCUT2D eigenvalue weighted by atomic mass is 79.9. The second kappa shape index (κ2) is 3.45. The van der Waals surface area contributed by atoms with Crippen molar-refractivity contribution in [3.05, 3.63) is 28.2 Å². The van der Waals surface area contributed by atoms with E-state index in [9.17, 15) is 9.59 Å². The minimum absolute atomic E-state index is 0.00713. The van der Waals surface area contributed by atoms with Gasteiger partial charge < -0.3 is 4.90 Å². The minimum atomic E-state index is -0.383. The molecule has 1 aliphatic rings. The van der Waals surface area contributed by atoms with Gasteiger partial charge in [-0.25, -0.2) is 0 Å². The topological polar surface area (TPSA) is 37.4 Å². The van der Waals surface area contributed by atoms with Crippen molar-refractivity contribution < 1.29 is 9.59 Å². The molecule has 0 saturated carbocycles. The van der Waals surface area contributed by atoms with Gasteiger partial charge in [-0.05, 0) is 25.1 Å². The fourth-order valence-electron chi connectivity index (χ4n) is 1.91. The van der Waals surface area contributed by atoms with Crippen LogP contribution in [0, 0.1) is 0 Å². The van der Waals surface area contributed by atoms with Crippen LogP contribution in [-0.2, 0) is 4.79 Å². The van der Waals surface area contributed by atoms with Crippen LogP contribution in [0.5, 0.6) is 0 Å². The summed E-state index contributed by atoms with van der Waals surface area (Å²) in [6.07, 6.45) is 0. The molecule has 0 spiro atoms. The zero-order valence-corrected chi connectivity index (χ0v) is 10.0. The number of carbonyl (C=O) groups excluding carboxylic acids is 2. The SMILES string of the molecule is CC(=O)N1c2cc(Br)ccc2C(=O)C1C. The van der Waals surface area contributed by atoms with Crippen LogP contribution in [-0.4, -0.2) is 17.7 Å². The summed E-state index contributed by atoms with van der Waals surface area (Å²) in [5.41, 5.74) is 1.33. The van der Waals surface area contributed by atoms with Crippen LogP contribution in [0.2, 0.25) is 0 Å². The summed E-state index contributed by atoms with van der Waals surface area (Å²) in [6.45, 7) is 3.22. The fourth-order valence-corrected chi connectivity index (χ4v) is 2.25. The number of nitrogens with zero attached hydrogens (tertiary/aromatic N) is 1. The summed E-state index contributed by atoms with van der Waals surface area (Å²) in [4.78, 5) is 24.8. The highest BCUT2D eigenvalue weighted by Gasteiger charge is 2.36. The zero-order valence-electron chi connectivity index (χ0n) is 8.45. The summed E-state index contributed by atoms with van der Waals surface area (Å²) < 4.78 is 0.870. The Labute approximate surface area is 96.2 Å². The number of fused-ring (bicyclic) bond motifs is 1. The molecule has 1 atom stereocenters. The molecule has 1 unspecified atom stereocenters. The Bertz CT molecular complexity index is 456. The molecule has 1 aromatic carbocycles. The van der Waals surface area contributed by atoms with Crippen LogP contribution < -0.4 is 4.90 Å². The number of hydrogen-bond acceptors (Lipinski definition) is 2. The van der Waals surface area contributed by atoms with Crippen molar-refractivity contribution in [1.29, 1.82) is 0 Å². The molecule has 15 heavy (non-hydrogen) atoms. The van der Waals surface area contributed by atoms with Gasteiger partial charge in [0.05, 0.1) is 11.7 Å². The Morgan fingerprint density at radius 1 is 1.47 bits per heavy atom. The van der Waals surface area contributed by atoms with Gasteiger partial charge >= 0.3 is 0 Å². The van der Waals surface area contributed by atoms with E-state index in [1.807, 2.05) is 6.07 Å². The van der Waals surface area contributed by atoms with Gasteiger partial charge in [-0.3, -0.25) is 9.59 Å². The van der Waals surface area contributed by atoms with Gasteiger partial charge in [-0.2, -0.15) is 0 Å². The van der Waals surface area contributed by atoms with Crippen LogP contribution in [0.1, 0.15) is 24.2 Å². The van der Waals surface area contributed by atoms with Crippen molar-refractivity contribution in [3.8, 4) is 0 Å². The summed E-state index contributed by atoms with van der Waals surface area (Å²) in [7, 11) is 0. The average molecular weight is 268 g/mol. The van der Waals surface area contributed by atoms with Crippen LogP contribution in [0.25, 0.3) is 0 Å². The quantitative estimate of drug-likeness (QED) is 0.724. The Hall–Kier alpha value is -1.16. The first-order valence-corrected chi connectivity index (χ1v) is 5.45. The van der Waals surface area contributed by atoms with Gasteiger partial charge in [0.1, 0.15) is 0 Å². The lowest BCUT2D eigenvalue weighted by molar-refractivity contribution is -0.116. The van der Waals surface area contributed by atoms with E-state index in [1.54, 1.807) is 19.1 Å². The molecule has 0 radical (unpaired) electrons. The van der Waals surface area contributed by atoms with E-state index >= 15 is 0 Å². The van der Waals surface area contributed by atoms with Gasteiger partial charge in [0.15, 0.2) is 5.78 Å². The van der Waals surface area contributed by atoms with E-state index in [0.717, 1.165) is 4.47 Å². The molecule has 1 amide bonds. The third kappa shape index (κ3) is 1.49. The Morgan fingerprint density at radius 3 is 2.73 bits per heavy atom. The molecule has 3 nitrogen and oxygen atoms in total. The highest BCUT2D eigenvalue weighted by Crippen LogP contribution is 2.34. The lowest BCUT2D eigenvalue weighted by atomic mass is 10.1. The van der Waals surface area contributed by atoms with Crippen LogP contribution >= 0.6 is 15.9 Å². The number of anilines is 1. The Balaban J connectivity index is 2.61. The maximum absolute atomic E-state index is 11.8. The molecule has 4 heteroatoms. The molecule has 0 saturated heterocycles. The van der Waals surface area contributed by atoms with Crippen LogP contribution in [0.4, 0.5) is 5.69 Å². The highest BCUT2D eigenvalue weighted by molar-refractivity contribution is 9.10. The second-order valence-electron chi connectivity index (χ2n) is 3.59. The summed E-state index contributed by atoms with van der Waals surface area (Å²) in [6, 6.07) is 4.98. The van der Waals surface area contributed by atoms with E-state index in [2.05, 4.69) is 15.9 Å². The molecule has 1 heterocycles. The first-order chi connectivity index (χ1) is 7.02. The van der Waals surface area contributed by atoms with Gasteiger partial charge in [0, 0.05) is 17.0 Å². The number of halogens is 1. The largest absolute Gasteiger partial charge is 0.301 e. The lowest BCUT2D eigenvalue weighted by Crippen LogP contribution is -2.36. The van der Waals surface area contributed by atoms with Crippen molar-refractivity contribution in [2.45, 2.75) is 19.9 Å². The Morgan fingerprint density at radius 2 is 2.13 bits per heavy atom. The summed E-state index contributed by atoms with van der Waals surface area (Å²) >= 11 is 3.33. The van der Waals surface area contributed by atoms with Crippen molar-refractivity contribution in [3.63, 3.8) is 0 Å². The number of benzene rings is 1. The standard InChI is InChI=1S/C11H10BrNO2/c1-6-11(15)9-4-3-8(12)5-10(9)13(6)7(2)14/h3-6H,1-2H3. The normalized spacial score (nSPS) is 19.3. The predicted octanol–water partition coefficient (Wildman–Crippen LogP) is 2.39. The maximum Gasteiger partial charge on any atom is 0.224 e. The number of carbonyl (C=O) groups is 2. The van der Waals surface area contributed by atoms with E-state index in [-0.39, 0.29) is 17.7 Å².